The zero-order valence-electron chi connectivity index (χ0n) is 9.38. The smallest absolute Gasteiger partial charge is 0.272 e. The van der Waals surface area contributed by atoms with Crippen LogP contribution in [0.3, 0.4) is 0 Å². The van der Waals surface area contributed by atoms with Crippen LogP contribution in [0.2, 0.25) is 0 Å². The number of nitrogens with two attached hydrogens (primary N) is 1. The van der Waals surface area contributed by atoms with Crippen LogP contribution in [-0.4, -0.2) is 36.3 Å². The highest BCUT2D eigenvalue weighted by atomic mass is 16.2. The highest BCUT2D eigenvalue weighted by Gasteiger charge is 2.19. The predicted octanol–water partition coefficient (Wildman–Crippen LogP) is -0.994. The van der Waals surface area contributed by atoms with Gasteiger partial charge in [-0.05, 0) is 6.92 Å². The second-order valence-electron chi connectivity index (χ2n) is 3.54. The maximum Gasteiger partial charge on any atom is 0.272 e. The molecular weight excluding hydrogens is 224 g/mol. The molecule has 2 heterocycles. The Morgan fingerprint density at radius 1 is 1.65 bits per heavy atom. The van der Waals surface area contributed by atoms with Gasteiger partial charge in [0.25, 0.3) is 5.91 Å². The maximum absolute atomic E-state index is 11.9. The SMILES string of the molecule is CC(NC(=O)c1c(N)cnn1C)c1nn[nH]n1. The van der Waals surface area contributed by atoms with E-state index in [-0.39, 0.29) is 11.9 Å². The van der Waals surface area contributed by atoms with Gasteiger partial charge >= 0.3 is 0 Å². The van der Waals surface area contributed by atoms with E-state index in [1.54, 1.807) is 14.0 Å². The molecule has 4 N–H and O–H groups in total. The molecule has 0 spiro atoms. The van der Waals surface area contributed by atoms with Gasteiger partial charge in [-0.2, -0.15) is 10.3 Å². The third-order valence-corrected chi connectivity index (χ3v) is 2.28. The zero-order valence-corrected chi connectivity index (χ0v) is 9.38. The van der Waals surface area contributed by atoms with E-state index in [2.05, 4.69) is 31.0 Å². The first kappa shape index (κ1) is 11.0. The van der Waals surface area contributed by atoms with Crippen LogP contribution >= 0.6 is 0 Å². The molecule has 2 aromatic heterocycles. The third kappa shape index (κ3) is 2.07. The summed E-state index contributed by atoms with van der Waals surface area (Å²) >= 11 is 0. The minimum atomic E-state index is -0.365. The van der Waals surface area contributed by atoms with Gasteiger partial charge in [0.05, 0.1) is 17.9 Å². The number of nitrogens with zero attached hydrogens (tertiary/aromatic N) is 5. The number of carbonyl (C=O) groups is 1. The third-order valence-electron chi connectivity index (χ3n) is 2.28. The van der Waals surface area contributed by atoms with Crippen molar-refractivity contribution in [3.63, 3.8) is 0 Å². The van der Waals surface area contributed by atoms with Gasteiger partial charge in [0.2, 0.25) is 0 Å². The average molecular weight is 236 g/mol. The van der Waals surface area contributed by atoms with E-state index in [0.717, 1.165) is 0 Å². The van der Waals surface area contributed by atoms with Gasteiger partial charge in [0.15, 0.2) is 5.82 Å². The largest absolute Gasteiger partial charge is 0.396 e. The molecule has 0 bridgehead atoms. The first-order chi connectivity index (χ1) is 8.09. The van der Waals surface area contributed by atoms with Crippen LogP contribution in [-0.2, 0) is 7.05 Å². The van der Waals surface area contributed by atoms with Crippen LogP contribution in [0.15, 0.2) is 6.20 Å². The van der Waals surface area contributed by atoms with Crippen molar-refractivity contribution in [2.24, 2.45) is 7.05 Å². The van der Waals surface area contributed by atoms with Crippen molar-refractivity contribution < 1.29 is 4.79 Å². The van der Waals surface area contributed by atoms with Gasteiger partial charge in [0, 0.05) is 7.05 Å². The molecule has 9 nitrogen and oxygen atoms in total. The number of aryl methyl sites for hydroxylation is 1. The van der Waals surface area contributed by atoms with Gasteiger partial charge in [-0.15, -0.1) is 10.2 Å². The first-order valence-electron chi connectivity index (χ1n) is 4.91. The summed E-state index contributed by atoms with van der Waals surface area (Å²) in [5.41, 5.74) is 6.27. The van der Waals surface area contributed by atoms with Crippen LogP contribution < -0.4 is 11.1 Å². The topological polar surface area (TPSA) is 127 Å². The predicted molar refractivity (Wildman–Crippen MR) is 57.7 cm³/mol. The van der Waals surface area contributed by atoms with E-state index in [1.807, 2.05) is 0 Å². The second-order valence-corrected chi connectivity index (χ2v) is 3.54. The van der Waals surface area contributed by atoms with Crippen molar-refractivity contribution in [2.75, 3.05) is 5.73 Å². The van der Waals surface area contributed by atoms with E-state index < -0.39 is 0 Å². The fourth-order valence-corrected chi connectivity index (χ4v) is 1.42. The number of rotatable bonds is 3. The first-order valence-corrected chi connectivity index (χ1v) is 4.91. The Bertz CT molecular complexity index is 496. The minimum Gasteiger partial charge on any atom is -0.396 e. The molecule has 0 saturated heterocycles. The molecule has 1 amide bonds. The van der Waals surface area contributed by atoms with Gasteiger partial charge < -0.3 is 11.1 Å². The molecule has 0 radical (unpaired) electrons. The highest BCUT2D eigenvalue weighted by molar-refractivity contribution is 5.97. The molecule has 2 aromatic rings. The standard InChI is InChI=1S/C8H12N8O/c1-4(7-12-14-15-13-7)11-8(17)6-5(9)3-10-16(6)2/h3-4H,9H2,1-2H3,(H,11,17)(H,12,13,14,15). The molecule has 17 heavy (non-hydrogen) atoms. The van der Waals surface area contributed by atoms with Crippen LogP contribution in [0.4, 0.5) is 5.69 Å². The Labute approximate surface area is 96.4 Å². The van der Waals surface area contributed by atoms with E-state index in [1.165, 1.54) is 10.9 Å². The molecule has 0 aromatic carbocycles. The Balaban J connectivity index is 2.12. The number of anilines is 1. The summed E-state index contributed by atoms with van der Waals surface area (Å²) < 4.78 is 1.41. The van der Waals surface area contributed by atoms with Crippen molar-refractivity contribution in [3.05, 3.63) is 17.7 Å². The highest BCUT2D eigenvalue weighted by Crippen LogP contribution is 2.11. The maximum atomic E-state index is 11.9. The Hall–Kier alpha value is -2.45. The van der Waals surface area contributed by atoms with Crippen molar-refractivity contribution >= 4 is 11.6 Å². The van der Waals surface area contributed by atoms with Crippen molar-refractivity contribution in [2.45, 2.75) is 13.0 Å². The lowest BCUT2D eigenvalue weighted by Crippen LogP contribution is -2.29. The number of nitrogen functional groups attached to an aromatic ring is 1. The molecule has 0 fully saturated rings. The summed E-state index contributed by atoms with van der Waals surface area (Å²) in [4.78, 5) is 11.9. The van der Waals surface area contributed by atoms with E-state index in [9.17, 15) is 4.79 Å². The van der Waals surface area contributed by atoms with Crippen LogP contribution in [0, 0.1) is 0 Å². The molecule has 1 unspecified atom stereocenters. The number of tetrazole rings is 1. The quantitative estimate of drug-likeness (QED) is 0.627. The number of carbonyl (C=O) groups excluding carboxylic acids is 1. The van der Waals surface area contributed by atoms with Gasteiger partial charge in [-0.3, -0.25) is 9.48 Å². The molecule has 90 valence electrons. The Kier molecular flexibility index (Phi) is 2.73. The van der Waals surface area contributed by atoms with Gasteiger partial charge in [-0.1, -0.05) is 5.21 Å². The lowest BCUT2D eigenvalue weighted by atomic mass is 10.3. The zero-order chi connectivity index (χ0) is 12.4. The Morgan fingerprint density at radius 3 is 2.94 bits per heavy atom. The van der Waals surface area contributed by atoms with Gasteiger partial charge in [0.1, 0.15) is 5.69 Å². The average Bonchev–Trinajstić information content (AvgIpc) is 2.88. The number of H-pyrrole nitrogens is 1. The molecule has 0 aliphatic carbocycles. The molecule has 1 atom stereocenters. The lowest BCUT2D eigenvalue weighted by molar-refractivity contribution is 0.0929. The molecule has 2 rings (SSSR count). The normalized spacial score (nSPS) is 12.4. The molecule has 0 saturated carbocycles. The van der Waals surface area contributed by atoms with Crippen molar-refractivity contribution in [1.29, 1.82) is 0 Å². The van der Waals surface area contributed by atoms with Gasteiger partial charge in [-0.25, -0.2) is 0 Å². The van der Waals surface area contributed by atoms with Crippen LogP contribution in [0.5, 0.6) is 0 Å². The summed E-state index contributed by atoms with van der Waals surface area (Å²) in [6.45, 7) is 1.75. The minimum absolute atomic E-state index is 0.306. The Morgan fingerprint density at radius 2 is 2.41 bits per heavy atom. The van der Waals surface area contributed by atoms with E-state index >= 15 is 0 Å². The second kappa shape index (κ2) is 4.20. The summed E-state index contributed by atoms with van der Waals surface area (Å²) in [5.74, 6) is 0.0684. The molecule has 9 heteroatoms. The van der Waals surface area contributed by atoms with Crippen molar-refractivity contribution in [1.82, 2.24) is 35.7 Å². The summed E-state index contributed by atoms with van der Waals surface area (Å²) in [7, 11) is 1.64. The number of amides is 1. The number of aromatic amines is 1. The summed E-state index contributed by atoms with van der Waals surface area (Å²) in [6, 6.07) is -0.365. The van der Waals surface area contributed by atoms with E-state index in [4.69, 9.17) is 5.73 Å². The van der Waals surface area contributed by atoms with E-state index in [0.29, 0.717) is 17.2 Å². The molecular formula is C8H12N8O. The number of hydrogen-bond acceptors (Lipinski definition) is 6. The fraction of sp³-hybridized carbons (Fsp3) is 0.375. The molecule has 0 aliphatic heterocycles. The lowest BCUT2D eigenvalue weighted by Gasteiger charge is -2.10. The monoisotopic (exact) mass is 236 g/mol. The van der Waals surface area contributed by atoms with Crippen LogP contribution in [0.25, 0.3) is 0 Å². The fourth-order valence-electron chi connectivity index (χ4n) is 1.42. The number of hydrogen-bond donors (Lipinski definition) is 3. The summed E-state index contributed by atoms with van der Waals surface area (Å²) in [6.07, 6.45) is 1.42. The summed E-state index contributed by atoms with van der Waals surface area (Å²) in [5, 5.41) is 19.9. The molecule has 0 aliphatic rings. The number of nitrogens with one attached hydrogen (secondary N) is 2. The number of aromatic nitrogens is 6. The van der Waals surface area contributed by atoms with Crippen molar-refractivity contribution in [3.8, 4) is 0 Å². The van der Waals surface area contributed by atoms with Crippen LogP contribution in [0.1, 0.15) is 29.3 Å².